The first-order valence-corrected chi connectivity index (χ1v) is 4.77. The summed E-state index contributed by atoms with van der Waals surface area (Å²) in [6, 6.07) is 6.16. The van der Waals surface area contributed by atoms with Crippen molar-refractivity contribution in [3.05, 3.63) is 29.3 Å². The molecule has 1 rings (SSSR count). The highest BCUT2D eigenvalue weighted by molar-refractivity contribution is 5.78. The zero-order chi connectivity index (χ0) is 10.7. The average Bonchev–Trinajstić information content (AvgIpc) is 2.07. The molecule has 0 bridgehead atoms. The van der Waals surface area contributed by atoms with Crippen LogP contribution >= 0.6 is 0 Å². The number of hydrogen-bond donors (Lipinski definition) is 0. The molecule has 0 aromatic heterocycles. The van der Waals surface area contributed by atoms with Gasteiger partial charge in [-0.05, 0) is 31.0 Å². The van der Waals surface area contributed by atoms with Crippen LogP contribution in [0.5, 0.6) is 0 Å². The minimum Gasteiger partial charge on any atom is -0.377 e. The van der Waals surface area contributed by atoms with Crippen molar-refractivity contribution in [2.24, 2.45) is 0 Å². The lowest BCUT2D eigenvalue weighted by Crippen LogP contribution is -2.11. The van der Waals surface area contributed by atoms with Gasteiger partial charge in [0.2, 0.25) is 0 Å². The summed E-state index contributed by atoms with van der Waals surface area (Å²) in [5.74, 6) is 0.207. The monoisotopic (exact) mass is 191 g/mol. The molecule has 0 aliphatic rings. The van der Waals surface area contributed by atoms with Crippen LogP contribution in [-0.2, 0) is 11.2 Å². The molecule has 0 fully saturated rings. The van der Waals surface area contributed by atoms with Crippen LogP contribution in [0.25, 0.3) is 0 Å². The third kappa shape index (κ3) is 2.59. The van der Waals surface area contributed by atoms with Crippen LogP contribution in [-0.4, -0.2) is 19.9 Å². The van der Waals surface area contributed by atoms with E-state index in [9.17, 15) is 4.79 Å². The number of ketones is 1. The first-order valence-electron chi connectivity index (χ1n) is 4.77. The molecule has 1 aromatic carbocycles. The summed E-state index contributed by atoms with van der Waals surface area (Å²) >= 11 is 0. The maximum atomic E-state index is 11.0. The molecule has 0 atom stereocenters. The highest BCUT2D eigenvalue weighted by atomic mass is 16.1. The van der Waals surface area contributed by atoms with Crippen molar-refractivity contribution in [1.82, 2.24) is 0 Å². The van der Waals surface area contributed by atoms with Gasteiger partial charge < -0.3 is 4.90 Å². The van der Waals surface area contributed by atoms with Crippen molar-refractivity contribution in [2.45, 2.75) is 20.3 Å². The summed E-state index contributed by atoms with van der Waals surface area (Å²) in [4.78, 5) is 13.0. The Bertz CT molecular complexity index is 342. The largest absolute Gasteiger partial charge is 0.377 e. The molecule has 14 heavy (non-hydrogen) atoms. The van der Waals surface area contributed by atoms with Crippen molar-refractivity contribution in [1.29, 1.82) is 0 Å². The van der Waals surface area contributed by atoms with Gasteiger partial charge in [-0.2, -0.15) is 0 Å². The van der Waals surface area contributed by atoms with Crippen LogP contribution in [0, 0.1) is 6.92 Å². The number of carbonyl (C=O) groups excluding carboxylic acids is 1. The molecule has 0 radical (unpaired) electrons. The Labute approximate surface area is 85.5 Å². The van der Waals surface area contributed by atoms with Gasteiger partial charge in [-0.3, -0.25) is 4.79 Å². The lowest BCUT2D eigenvalue weighted by atomic mass is 10.1. The highest BCUT2D eigenvalue weighted by Gasteiger charge is 2.03. The predicted octanol–water partition coefficient (Wildman–Crippen LogP) is 2.19. The Morgan fingerprint density at radius 1 is 1.36 bits per heavy atom. The molecule has 0 saturated heterocycles. The number of aryl methyl sites for hydroxylation is 1. The average molecular weight is 191 g/mol. The highest BCUT2D eigenvalue weighted by Crippen LogP contribution is 2.19. The van der Waals surface area contributed by atoms with Gasteiger partial charge in [0.1, 0.15) is 5.78 Å². The summed E-state index contributed by atoms with van der Waals surface area (Å²) < 4.78 is 0. The van der Waals surface area contributed by atoms with E-state index >= 15 is 0 Å². The molecule has 0 spiro atoms. The second kappa shape index (κ2) is 4.27. The van der Waals surface area contributed by atoms with Gasteiger partial charge in [-0.15, -0.1) is 0 Å². The van der Waals surface area contributed by atoms with E-state index < -0.39 is 0 Å². The first kappa shape index (κ1) is 10.8. The third-order valence-corrected chi connectivity index (χ3v) is 2.21. The Morgan fingerprint density at radius 3 is 2.50 bits per heavy atom. The topological polar surface area (TPSA) is 20.3 Å². The van der Waals surface area contributed by atoms with E-state index in [1.807, 2.05) is 20.2 Å². The van der Waals surface area contributed by atoms with Crippen molar-refractivity contribution >= 4 is 11.5 Å². The summed E-state index contributed by atoms with van der Waals surface area (Å²) in [6.07, 6.45) is 0.529. The van der Waals surface area contributed by atoms with E-state index in [0.717, 1.165) is 5.56 Å². The van der Waals surface area contributed by atoms with Crippen LogP contribution in [0.4, 0.5) is 5.69 Å². The summed E-state index contributed by atoms with van der Waals surface area (Å²) in [5.41, 5.74) is 3.51. The molecule has 0 N–H and O–H groups in total. The van der Waals surface area contributed by atoms with Crippen LogP contribution < -0.4 is 4.90 Å². The number of rotatable bonds is 3. The Kier molecular flexibility index (Phi) is 3.28. The fourth-order valence-corrected chi connectivity index (χ4v) is 1.53. The van der Waals surface area contributed by atoms with E-state index in [0.29, 0.717) is 6.42 Å². The van der Waals surface area contributed by atoms with E-state index in [1.165, 1.54) is 11.3 Å². The molecular weight excluding hydrogens is 174 g/mol. The number of nitrogens with zero attached hydrogens (tertiary/aromatic N) is 1. The van der Waals surface area contributed by atoms with Gasteiger partial charge in [0, 0.05) is 26.2 Å². The van der Waals surface area contributed by atoms with Gasteiger partial charge in [0.15, 0.2) is 0 Å². The van der Waals surface area contributed by atoms with E-state index in [2.05, 4.69) is 24.0 Å². The fourth-order valence-electron chi connectivity index (χ4n) is 1.53. The minimum absolute atomic E-state index is 0.207. The zero-order valence-corrected chi connectivity index (χ0v) is 9.29. The van der Waals surface area contributed by atoms with Crippen molar-refractivity contribution < 1.29 is 4.79 Å². The molecule has 2 nitrogen and oxygen atoms in total. The smallest absolute Gasteiger partial charge is 0.134 e. The van der Waals surface area contributed by atoms with Crippen LogP contribution in [0.15, 0.2) is 18.2 Å². The number of benzene rings is 1. The SMILES string of the molecule is CC(=O)Cc1ccc(C)c(N(C)C)c1. The first-order chi connectivity index (χ1) is 6.50. The molecule has 0 aliphatic carbocycles. The molecule has 0 saturated carbocycles. The molecular formula is C12H17NO. The number of carbonyl (C=O) groups is 1. The van der Waals surface area contributed by atoms with Crippen LogP contribution in [0.3, 0.4) is 0 Å². The van der Waals surface area contributed by atoms with Crippen LogP contribution in [0.2, 0.25) is 0 Å². The van der Waals surface area contributed by atoms with E-state index in [4.69, 9.17) is 0 Å². The lowest BCUT2D eigenvalue weighted by molar-refractivity contribution is -0.116. The number of hydrogen-bond acceptors (Lipinski definition) is 2. The standard InChI is InChI=1S/C12H17NO/c1-9-5-6-11(7-10(2)14)8-12(9)13(3)4/h5-6,8H,7H2,1-4H3. The van der Waals surface area contributed by atoms with Crippen molar-refractivity contribution in [3.63, 3.8) is 0 Å². The number of anilines is 1. The quantitative estimate of drug-likeness (QED) is 0.730. The lowest BCUT2D eigenvalue weighted by Gasteiger charge is -2.16. The van der Waals surface area contributed by atoms with Gasteiger partial charge in [0.05, 0.1) is 0 Å². The van der Waals surface area contributed by atoms with Gasteiger partial charge in [-0.1, -0.05) is 12.1 Å². The molecule has 0 unspecified atom stereocenters. The second-order valence-corrected chi connectivity index (χ2v) is 3.89. The summed E-state index contributed by atoms with van der Waals surface area (Å²) in [6.45, 7) is 3.70. The fraction of sp³-hybridized carbons (Fsp3) is 0.417. The minimum atomic E-state index is 0.207. The zero-order valence-electron chi connectivity index (χ0n) is 9.29. The van der Waals surface area contributed by atoms with E-state index in [1.54, 1.807) is 6.92 Å². The van der Waals surface area contributed by atoms with Crippen molar-refractivity contribution in [2.75, 3.05) is 19.0 Å². The van der Waals surface area contributed by atoms with Crippen LogP contribution in [0.1, 0.15) is 18.1 Å². The maximum absolute atomic E-state index is 11.0. The molecule has 2 heteroatoms. The summed E-state index contributed by atoms with van der Waals surface area (Å²) in [5, 5.41) is 0. The third-order valence-electron chi connectivity index (χ3n) is 2.21. The Balaban J connectivity index is 3.00. The normalized spacial score (nSPS) is 10.0. The van der Waals surface area contributed by atoms with E-state index in [-0.39, 0.29) is 5.78 Å². The molecule has 76 valence electrons. The Hall–Kier alpha value is -1.31. The predicted molar refractivity (Wildman–Crippen MR) is 59.9 cm³/mol. The molecule has 0 aliphatic heterocycles. The maximum Gasteiger partial charge on any atom is 0.134 e. The molecule has 0 amide bonds. The summed E-state index contributed by atoms with van der Waals surface area (Å²) in [7, 11) is 4.03. The van der Waals surface area contributed by atoms with Gasteiger partial charge >= 0.3 is 0 Å². The molecule has 0 heterocycles. The number of Topliss-reactive ketones (excluding diaryl/α,β-unsaturated/α-hetero) is 1. The van der Waals surface area contributed by atoms with Crippen molar-refractivity contribution in [3.8, 4) is 0 Å². The van der Waals surface area contributed by atoms with Gasteiger partial charge in [0.25, 0.3) is 0 Å². The Morgan fingerprint density at radius 2 is 2.00 bits per heavy atom. The van der Waals surface area contributed by atoms with Gasteiger partial charge in [-0.25, -0.2) is 0 Å². The second-order valence-electron chi connectivity index (χ2n) is 3.89. The molecule has 1 aromatic rings.